The number of carbonyl (C=O) groups excluding carboxylic acids is 1. The number of amides is 1. The monoisotopic (exact) mass is 279 g/mol. The van der Waals surface area contributed by atoms with Gasteiger partial charge in [0.1, 0.15) is 6.04 Å². The first kappa shape index (κ1) is 15.0. The van der Waals surface area contributed by atoms with Crippen LogP contribution in [0.3, 0.4) is 0 Å². The highest BCUT2D eigenvalue weighted by Gasteiger charge is 2.33. The van der Waals surface area contributed by atoms with Gasteiger partial charge in [0.25, 0.3) is 0 Å². The number of hydrogen-bond donors (Lipinski definition) is 2. The fourth-order valence-corrected chi connectivity index (χ4v) is 2.60. The van der Waals surface area contributed by atoms with Gasteiger partial charge < -0.3 is 15.5 Å². The minimum Gasteiger partial charge on any atom is -0.353 e. The zero-order chi connectivity index (χ0) is 14.7. The molecule has 0 radical (unpaired) electrons. The van der Waals surface area contributed by atoms with Gasteiger partial charge in [-0.15, -0.1) is 0 Å². The topological polar surface area (TPSA) is 62.2 Å². The van der Waals surface area contributed by atoms with Gasteiger partial charge in [0.2, 0.25) is 5.91 Å². The van der Waals surface area contributed by atoms with E-state index >= 15 is 0 Å². The summed E-state index contributed by atoms with van der Waals surface area (Å²) in [6, 6.07) is 0.0936. The second kappa shape index (κ2) is 6.37. The molecular weight excluding hydrogens is 254 g/mol. The van der Waals surface area contributed by atoms with E-state index in [2.05, 4.69) is 34.7 Å². The molecule has 6 heteroatoms. The highest BCUT2D eigenvalue weighted by atomic mass is 16.2. The van der Waals surface area contributed by atoms with Crippen LogP contribution in [0, 0.1) is 5.92 Å². The third-order valence-electron chi connectivity index (χ3n) is 3.92. The number of carbonyl (C=O) groups is 1. The average molecular weight is 279 g/mol. The minimum absolute atomic E-state index is 0.00741. The minimum atomic E-state index is -0.342. The summed E-state index contributed by atoms with van der Waals surface area (Å²) in [7, 11) is 7.79. The van der Waals surface area contributed by atoms with Gasteiger partial charge in [-0.3, -0.25) is 9.48 Å². The molecule has 112 valence electrons. The molecule has 1 aromatic rings. The SMILES string of the molecule is CNC(C(=O)NCC(C1CC1)N(C)C)c1cnn(C)c1. The van der Waals surface area contributed by atoms with Gasteiger partial charge in [0.05, 0.1) is 6.20 Å². The zero-order valence-corrected chi connectivity index (χ0v) is 12.8. The number of hydrogen-bond acceptors (Lipinski definition) is 4. The van der Waals surface area contributed by atoms with Crippen LogP contribution in [0.4, 0.5) is 0 Å². The van der Waals surface area contributed by atoms with Crippen LogP contribution < -0.4 is 10.6 Å². The predicted molar refractivity (Wildman–Crippen MR) is 78.2 cm³/mol. The molecule has 20 heavy (non-hydrogen) atoms. The Kier molecular flexibility index (Phi) is 4.77. The summed E-state index contributed by atoms with van der Waals surface area (Å²) >= 11 is 0. The lowest BCUT2D eigenvalue weighted by Crippen LogP contribution is -2.44. The normalized spacial score (nSPS) is 18.1. The molecule has 1 amide bonds. The largest absolute Gasteiger partial charge is 0.353 e. The van der Waals surface area contributed by atoms with E-state index in [4.69, 9.17) is 0 Å². The van der Waals surface area contributed by atoms with Crippen molar-refractivity contribution in [3.63, 3.8) is 0 Å². The van der Waals surface area contributed by atoms with E-state index in [1.165, 1.54) is 12.8 Å². The maximum atomic E-state index is 12.3. The van der Waals surface area contributed by atoms with E-state index in [1.54, 1.807) is 17.9 Å². The summed E-state index contributed by atoms with van der Waals surface area (Å²) in [6.45, 7) is 0.703. The van der Waals surface area contributed by atoms with Crippen LogP contribution in [0.2, 0.25) is 0 Å². The van der Waals surface area contributed by atoms with E-state index in [0.717, 1.165) is 11.5 Å². The van der Waals surface area contributed by atoms with Crippen molar-refractivity contribution in [3.8, 4) is 0 Å². The molecule has 1 aromatic heterocycles. The van der Waals surface area contributed by atoms with E-state index in [9.17, 15) is 4.79 Å². The molecule has 0 spiro atoms. The van der Waals surface area contributed by atoms with Crippen LogP contribution in [0.1, 0.15) is 24.4 Å². The first-order valence-electron chi connectivity index (χ1n) is 7.13. The van der Waals surface area contributed by atoms with Gasteiger partial charge >= 0.3 is 0 Å². The Hall–Kier alpha value is -1.40. The number of aromatic nitrogens is 2. The van der Waals surface area contributed by atoms with Crippen LogP contribution >= 0.6 is 0 Å². The summed E-state index contributed by atoms with van der Waals surface area (Å²) in [5, 5.41) is 10.2. The van der Waals surface area contributed by atoms with E-state index in [-0.39, 0.29) is 11.9 Å². The molecule has 1 heterocycles. The van der Waals surface area contributed by atoms with Crippen LogP contribution in [-0.4, -0.2) is 54.3 Å². The molecule has 1 aliphatic rings. The second-order valence-electron chi connectivity index (χ2n) is 5.78. The van der Waals surface area contributed by atoms with E-state index in [1.807, 2.05) is 13.2 Å². The summed E-state index contributed by atoms with van der Waals surface area (Å²) in [6.07, 6.45) is 6.14. The maximum Gasteiger partial charge on any atom is 0.241 e. The fraction of sp³-hybridized carbons (Fsp3) is 0.714. The van der Waals surface area contributed by atoms with Gasteiger partial charge in [-0.2, -0.15) is 5.10 Å². The Labute approximate surface area is 120 Å². The van der Waals surface area contributed by atoms with Crippen LogP contribution in [0.15, 0.2) is 12.4 Å². The van der Waals surface area contributed by atoms with Gasteiger partial charge in [0, 0.05) is 31.4 Å². The number of likely N-dealkylation sites (N-methyl/N-ethyl adjacent to an activating group) is 2. The van der Waals surface area contributed by atoms with Crippen molar-refractivity contribution < 1.29 is 4.79 Å². The third kappa shape index (κ3) is 3.58. The second-order valence-corrected chi connectivity index (χ2v) is 5.78. The Balaban J connectivity index is 1.92. The summed E-state index contributed by atoms with van der Waals surface area (Å²) in [5.74, 6) is 0.740. The van der Waals surface area contributed by atoms with Crippen molar-refractivity contribution in [3.05, 3.63) is 18.0 Å². The first-order chi connectivity index (χ1) is 9.52. The lowest BCUT2D eigenvalue weighted by Gasteiger charge is -2.25. The molecule has 2 atom stereocenters. The van der Waals surface area contributed by atoms with Crippen LogP contribution in [0.25, 0.3) is 0 Å². The Bertz CT molecular complexity index is 450. The van der Waals surface area contributed by atoms with Crippen molar-refractivity contribution >= 4 is 5.91 Å². The molecule has 1 saturated carbocycles. The fourth-order valence-electron chi connectivity index (χ4n) is 2.60. The molecular formula is C14H25N5O. The highest BCUT2D eigenvalue weighted by Crippen LogP contribution is 2.34. The molecule has 2 rings (SSSR count). The van der Waals surface area contributed by atoms with Crippen molar-refractivity contribution in [2.45, 2.75) is 24.9 Å². The lowest BCUT2D eigenvalue weighted by atomic mass is 10.1. The Morgan fingerprint density at radius 2 is 2.25 bits per heavy atom. The quantitative estimate of drug-likeness (QED) is 0.745. The van der Waals surface area contributed by atoms with Gasteiger partial charge in [-0.1, -0.05) is 0 Å². The summed E-state index contributed by atoms with van der Waals surface area (Å²) in [5.41, 5.74) is 0.889. The van der Waals surface area contributed by atoms with Crippen molar-refractivity contribution in [2.75, 3.05) is 27.7 Å². The molecule has 0 aromatic carbocycles. The summed E-state index contributed by atoms with van der Waals surface area (Å²) < 4.78 is 1.71. The van der Waals surface area contributed by atoms with Crippen LogP contribution in [-0.2, 0) is 11.8 Å². The molecule has 0 bridgehead atoms. The molecule has 2 N–H and O–H groups in total. The number of nitrogens with zero attached hydrogens (tertiary/aromatic N) is 3. The third-order valence-corrected chi connectivity index (χ3v) is 3.92. The summed E-state index contributed by atoms with van der Waals surface area (Å²) in [4.78, 5) is 14.5. The number of nitrogens with one attached hydrogen (secondary N) is 2. The van der Waals surface area contributed by atoms with Crippen molar-refractivity contribution in [1.82, 2.24) is 25.3 Å². The molecule has 0 aliphatic heterocycles. The maximum absolute atomic E-state index is 12.3. The number of aryl methyl sites for hydroxylation is 1. The molecule has 6 nitrogen and oxygen atoms in total. The van der Waals surface area contributed by atoms with Crippen molar-refractivity contribution in [2.24, 2.45) is 13.0 Å². The molecule has 1 aliphatic carbocycles. The van der Waals surface area contributed by atoms with Gasteiger partial charge in [-0.05, 0) is 39.9 Å². The zero-order valence-electron chi connectivity index (χ0n) is 12.8. The molecule has 2 unspecified atom stereocenters. The van der Waals surface area contributed by atoms with E-state index in [0.29, 0.717) is 12.6 Å². The Morgan fingerprint density at radius 1 is 1.55 bits per heavy atom. The standard InChI is InChI=1S/C14H25N5O/c1-15-13(11-7-17-19(4)9-11)14(20)16-8-12(18(2)3)10-5-6-10/h7,9-10,12-13,15H,5-6,8H2,1-4H3,(H,16,20). The first-order valence-corrected chi connectivity index (χ1v) is 7.13. The van der Waals surface area contributed by atoms with Gasteiger partial charge in [0.15, 0.2) is 0 Å². The van der Waals surface area contributed by atoms with E-state index < -0.39 is 0 Å². The van der Waals surface area contributed by atoms with Crippen molar-refractivity contribution in [1.29, 1.82) is 0 Å². The van der Waals surface area contributed by atoms with Gasteiger partial charge in [-0.25, -0.2) is 0 Å². The average Bonchev–Trinajstić information content (AvgIpc) is 3.13. The number of rotatable bonds is 7. The van der Waals surface area contributed by atoms with Crippen LogP contribution in [0.5, 0.6) is 0 Å². The lowest BCUT2D eigenvalue weighted by molar-refractivity contribution is -0.123. The molecule has 1 fully saturated rings. The predicted octanol–water partition coefficient (Wildman–Crippen LogP) is 0.137. The Morgan fingerprint density at radius 3 is 2.70 bits per heavy atom. The smallest absolute Gasteiger partial charge is 0.241 e. The highest BCUT2D eigenvalue weighted by molar-refractivity contribution is 5.83. The molecule has 0 saturated heterocycles.